The first-order valence-corrected chi connectivity index (χ1v) is 7.68. The first-order valence-electron chi connectivity index (χ1n) is 6.52. The summed E-state index contributed by atoms with van der Waals surface area (Å²) in [5.74, 6) is -0.756. The van der Waals surface area contributed by atoms with Crippen molar-refractivity contribution < 1.29 is 18.7 Å². The van der Waals surface area contributed by atoms with Gasteiger partial charge in [-0.25, -0.2) is 8.78 Å². The van der Waals surface area contributed by atoms with Gasteiger partial charge >= 0.3 is 0 Å². The molecule has 6 heteroatoms. The maximum atomic E-state index is 13.8. The fourth-order valence-electron chi connectivity index (χ4n) is 2.21. The van der Waals surface area contributed by atoms with Crippen LogP contribution in [0.3, 0.4) is 0 Å². The van der Waals surface area contributed by atoms with Crippen LogP contribution in [-0.2, 0) is 4.79 Å². The van der Waals surface area contributed by atoms with E-state index >= 15 is 0 Å². The summed E-state index contributed by atoms with van der Waals surface area (Å²) in [4.78, 5) is 12.1. The molecule has 2 N–H and O–H groups in total. The number of benzene rings is 1. The van der Waals surface area contributed by atoms with Gasteiger partial charge in [0, 0.05) is 17.4 Å². The second-order valence-corrected chi connectivity index (χ2v) is 6.04. The van der Waals surface area contributed by atoms with E-state index in [2.05, 4.69) is 5.32 Å². The van der Waals surface area contributed by atoms with E-state index in [4.69, 9.17) is 0 Å². The SMILES string of the molecule is CCC(NC(=O)C1(O)CCSC1)c1ccc(F)cc1F. The van der Waals surface area contributed by atoms with Gasteiger partial charge in [-0.15, -0.1) is 0 Å². The van der Waals surface area contributed by atoms with Crippen LogP contribution in [0.5, 0.6) is 0 Å². The number of halogens is 2. The van der Waals surface area contributed by atoms with E-state index in [1.165, 1.54) is 17.8 Å². The first kappa shape index (κ1) is 15.3. The summed E-state index contributed by atoms with van der Waals surface area (Å²) in [7, 11) is 0. The first-order chi connectivity index (χ1) is 9.46. The molecule has 0 radical (unpaired) electrons. The summed E-state index contributed by atoms with van der Waals surface area (Å²) < 4.78 is 26.7. The van der Waals surface area contributed by atoms with Gasteiger partial charge < -0.3 is 10.4 Å². The Morgan fingerprint density at radius 3 is 2.85 bits per heavy atom. The van der Waals surface area contributed by atoms with E-state index in [9.17, 15) is 18.7 Å². The van der Waals surface area contributed by atoms with Gasteiger partial charge in [0.25, 0.3) is 5.91 Å². The predicted molar refractivity (Wildman–Crippen MR) is 74.4 cm³/mol. The van der Waals surface area contributed by atoms with Gasteiger partial charge in [0.15, 0.2) is 5.60 Å². The third-order valence-corrected chi connectivity index (χ3v) is 4.65. The molecule has 2 rings (SSSR count). The average molecular weight is 301 g/mol. The number of hydrogen-bond acceptors (Lipinski definition) is 3. The van der Waals surface area contributed by atoms with Crippen LogP contribution in [0.25, 0.3) is 0 Å². The van der Waals surface area contributed by atoms with Gasteiger partial charge in [0.05, 0.1) is 6.04 Å². The number of rotatable bonds is 4. The quantitative estimate of drug-likeness (QED) is 0.898. The monoisotopic (exact) mass is 301 g/mol. The highest BCUT2D eigenvalue weighted by atomic mass is 32.2. The number of carbonyl (C=O) groups is 1. The Balaban J connectivity index is 2.14. The number of amides is 1. The molecule has 1 aromatic carbocycles. The van der Waals surface area contributed by atoms with E-state index in [1.807, 2.05) is 0 Å². The predicted octanol–water partition coefficient (Wildman–Crippen LogP) is 2.40. The van der Waals surface area contributed by atoms with Crippen LogP contribution < -0.4 is 5.32 Å². The minimum Gasteiger partial charge on any atom is -0.379 e. The van der Waals surface area contributed by atoms with Crippen LogP contribution >= 0.6 is 11.8 Å². The van der Waals surface area contributed by atoms with Gasteiger partial charge in [0.1, 0.15) is 11.6 Å². The molecule has 1 fully saturated rings. The number of carbonyl (C=O) groups excluding carboxylic acids is 1. The van der Waals surface area contributed by atoms with Crippen LogP contribution in [0.2, 0.25) is 0 Å². The Kier molecular flexibility index (Phi) is 4.65. The average Bonchev–Trinajstić information content (AvgIpc) is 2.85. The van der Waals surface area contributed by atoms with Gasteiger partial charge in [-0.1, -0.05) is 13.0 Å². The molecule has 0 aromatic heterocycles. The van der Waals surface area contributed by atoms with Crippen molar-refractivity contribution in [2.45, 2.75) is 31.4 Å². The highest BCUT2D eigenvalue weighted by Gasteiger charge is 2.40. The highest BCUT2D eigenvalue weighted by molar-refractivity contribution is 7.99. The van der Waals surface area contributed by atoms with Gasteiger partial charge in [-0.05, 0) is 24.7 Å². The molecular formula is C14H17F2NO2S. The minimum absolute atomic E-state index is 0.233. The lowest BCUT2D eigenvalue weighted by molar-refractivity contribution is -0.138. The summed E-state index contributed by atoms with van der Waals surface area (Å²) in [6, 6.07) is 2.71. The Morgan fingerprint density at radius 2 is 2.30 bits per heavy atom. The van der Waals surface area contributed by atoms with Crippen molar-refractivity contribution in [1.82, 2.24) is 5.32 Å². The van der Waals surface area contributed by atoms with Crippen LogP contribution in [0.1, 0.15) is 31.4 Å². The standard InChI is InChI=1S/C14H17F2NO2S/c1-2-12(10-4-3-9(15)7-11(10)16)17-13(18)14(19)5-6-20-8-14/h3-4,7,12,19H,2,5-6,8H2,1H3,(H,17,18). The molecule has 0 bridgehead atoms. The van der Waals surface area contributed by atoms with Crippen molar-refractivity contribution in [2.24, 2.45) is 0 Å². The van der Waals surface area contributed by atoms with Crippen molar-refractivity contribution in [1.29, 1.82) is 0 Å². The Bertz CT molecular complexity index is 504. The van der Waals surface area contributed by atoms with Gasteiger partial charge in [0.2, 0.25) is 0 Å². The Morgan fingerprint density at radius 1 is 1.55 bits per heavy atom. The lowest BCUT2D eigenvalue weighted by Gasteiger charge is -2.25. The minimum atomic E-state index is -1.38. The molecule has 3 nitrogen and oxygen atoms in total. The van der Waals surface area contributed by atoms with Gasteiger partial charge in [-0.2, -0.15) is 11.8 Å². The van der Waals surface area contributed by atoms with Crippen molar-refractivity contribution in [3.05, 3.63) is 35.4 Å². The fraction of sp³-hybridized carbons (Fsp3) is 0.500. The summed E-state index contributed by atoms with van der Waals surface area (Å²) >= 11 is 1.51. The molecule has 1 saturated heterocycles. The molecule has 0 aliphatic carbocycles. The summed E-state index contributed by atoms with van der Waals surface area (Å²) in [5, 5.41) is 12.8. The normalized spacial score (nSPS) is 23.6. The maximum Gasteiger partial charge on any atom is 0.253 e. The fourth-order valence-corrected chi connectivity index (χ4v) is 3.45. The van der Waals surface area contributed by atoms with Crippen LogP contribution in [0.15, 0.2) is 18.2 Å². The smallest absolute Gasteiger partial charge is 0.253 e. The van der Waals surface area contributed by atoms with E-state index < -0.39 is 29.2 Å². The van der Waals surface area contributed by atoms with E-state index in [-0.39, 0.29) is 5.56 Å². The molecule has 1 aliphatic rings. The topological polar surface area (TPSA) is 49.3 Å². The summed E-state index contributed by atoms with van der Waals surface area (Å²) in [5.41, 5.74) is -1.15. The summed E-state index contributed by atoms with van der Waals surface area (Å²) in [6.07, 6.45) is 0.851. The molecule has 110 valence electrons. The lowest BCUT2D eigenvalue weighted by atomic mass is 9.99. The van der Waals surface area contributed by atoms with E-state index in [1.54, 1.807) is 6.92 Å². The molecule has 1 amide bonds. The number of thioether (sulfide) groups is 1. The molecular weight excluding hydrogens is 284 g/mol. The molecule has 1 aliphatic heterocycles. The van der Waals surface area contributed by atoms with Crippen molar-refractivity contribution in [3.63, 3.8) is 0 Å². The number of aliphatic hydroxyl groups is 1. The zero-order chi connectivity index (χ0) is 14.8. The zero-order valence-electron chi connectivity index (χ0n) is 11.2. The molecule has 1 aromatic rings. The zero-order valence-corrected chi connectivity index (χ0v) is 12.0. The number of hydrogen-bond donors (Lipinski definition) is 2. The van der Waals surface area contributed by atoms with Crippen LogP contribution in [-0.4, -0.2) is 28.1 Å². The highest BCUT2D eigenvalue weighted by Crippen LogP contribution is 2.29. The third kappa shape index (κ3) is 3.12. The van der Waals surface area contributed by atoms with E-state index in [0.717, 1.165) is 17.9 Å². The van der Waals surface area contributed by atoms with E-state index in [0.29, 0.717) is 18.6 Å². The van der Waals surface area contributed by atoms with Crippen LogP contribution in [0.4, 0.5) is 8.78 Å². The molecule has 1 heterocycles. The second kappa shape index (κ2) is 6.10. The van der Waals surface area contributed by atoms with Crippen LogP contribution in [0, 0.1) is 11.6 Å². The second-order valence-electron chi connectivity index (χ2n) is 4.93. The van der Waals surface area contributed by atoms with Crippen molar-refractivity contribution >= 4 is 17.7 Å². The van der Waals surface area contributed by atoms with Crippen molar-refractivity contribution in [2.75, 3.05) is 11.5 Å². The molecule has 0 spiro atoms. The number of nitrogens with one attached hydrogen (secondary N) is 1. The maximum absolute atomic E-state index is 13.8. The van der Waals surface area contributed by atoms with Crippen molar-refractivity contribution in [3.8, 4) is 0 Å². The molecule has 20 heavy (non-hydrogen) atoms. The molecule has 0 saturated carbocycles. The molecule has 2 unspecified atom stereocenters. The molecule has 2 atom stereocenters. The summed E-state index contributed by atoms with van der Waals surface area (Å²) in [6.45, 7) is 1.79. The lowest BCUT2D eigenvalue weighted by Crippen LogP contribution is -2.48. The Labute approximate surface area is 120 Å². The van der Waals surface area contributed by atoms with Gasteiger partial charge in [-0.3, -0.25) is 4.79 Å². The third-order valence-electron chi connectivity index (χ3n) is 3.47. The Hall–Kier alpha value is -1.14. The largest absolute Gasteiger partial charge is 0.379 e.